The maximum atomic E-state index is 4.58. The summed E-state index contributed by atoms with van der Waals surface area (Å²) in [4.78, 5) is 4.58. The Hall–Kier alpha value is -1.89. The van der Waals surface area contributed by atoms with Crippen molar-refractivity contribution in [3.63, 3.8) is 0 Å². The smallest absolute Gasteiger partial charge is 0.0708 e. The second-order valence-electron chi connectivity index (χ2n) is 6.21. The lowest BCUT2D eigenvalue weighted by Gasteiger charge is -2.06. The molecule has 22 heavy (non-hydrogen) atoms. The second-order valence-corrected chi connectivity index (χ2v) is 6.21. The third kappa shape index (κ3) is 3.47. The van der Waals surface area contributed by atoms with Crippen LogP contribution in [0.5, 0.6) is 0 Å². The highest BCUT2D eigenvalue weighted by atomic mass is 14.6. The lowest BCUT2D eigenvalue weighted by atomic mass is 10.0. The molecule has 1 heteroatoms. The average Bonchev–Trinajstić information content (AvgIpc) is 2.58. The molecule has 0 saturated heterocycles. The molecule has 0 unspecified atom stereocenters. The van der Waals surface area contributed by atoms with E-state index in [1.54, 1.807) is 0 Å². The molecule has 0 spiro atoms. The van der Waals surface area contributed by atoms with E-state index in [1.807, 2.05) is 6.20 Å². The number of hydrogen-bond donors (Lipinski definition) is 0. The van der Waals surface area contributed by atoms with Crippen LogP contribution < -0.4 is 0 Å². The van der Waals surface area contributed by atoms with Crippen molar-refractivity contribution in [2.24, 2.45) is 0 Å². The monoisotopic (exact) mass is 291 g/mol. The van der Waals surface area contributed by atoms with Crippen molar-refractivity contribution >= 4 is 21.7 Å². The Kier molecular flexibility index (Phi) is 5.05. The van der Waals surface area contributed by atoms with E-state index >= 15 is 0 Å². The van der Waals surface area contributed by atoms with Gasteiger partial charge in [0, 0.05) is 17.0 Å². The second kappa shape index (κ2) is 7.40. The van der Waals surface area contributed by atoms with E-state index in [1.165, 1.54) is 66.7 Å². The van der Waals surface area contributed by atoms with E-state index in [4.69, 9.17) is 0 Å². The summed E-state index contributed by atoms with van der Waals surface area (Å²) in [5, 5.41) is 3.84. The Balaban J connectivity index is 1.73. The lowest BCUT2D eigenvalue weighted by Crippen LogP contribution is -1.89. The Bertz CT molecular complexity index is 745. The van der Waals surface area contributed by atoms with Gasteiger partial charge in [-0.3, -0.25) is 4.98 Å². The molecule has 0 radical (unpaired) electrons. The van der Waals surface area contributed by atoms with Crippen molar-refractivity contribution in [1.29, 1.82) is 0 Å². The number of unbranched alkanes of at least 4 members (excludes halogenated alkanes) is 5. The number of pyridine rings is 1. The molecule has 0 aliphatic heterocycles. The number of rotatable bonds is 7. The molecule has 0 fully saturated rings. The van der Waals surface area contributed by atoms with Gasteiger partial charge in [0.25, 0.3) is 0 Å². The van der Waals surface area contributed by atoms with E-state index < -0.39 is 0 Å². The summed E-state index contributed by atoms with van der Waals surface area (Å²) in [5.41, 5.74) is 2.55. The number of aromatic nitrogens is 1. The Morgan fingerprint density at radius 1 is 0.818 bits per heavy atom. The number of aryl methyl sites for hydroxylation is 1. The minimum Gasteiger partial charge on any atom is -0.256 e. The quantitative estimate of drug-likeness (QED) is 0.368. The van der Waals surface area contributed by atoms with Gasteiger partial charge in [0.1, 0.15) is 0 Å². The molecule has 1 heterocycles. The topological polar surface area (TPSA) is 12.9 Å². The fraction of sp³-hybridized carbons (Fsp3) is 0.381. The van der Waals surface area contributed by atoms with Gasteiger partial charge in [-0.15, -0.1) is 0 Å². The van der Waals surface area contributed by atoms with E-state index in [0.717, 1.165) is 5.52 Å². The summed E-state index contributed by atoms with van der Waals surface area (Å²) in [6, 6.07) is 15.3. The van der Waals surface area contributed by atoms with Crippen molar-refractivity contribution in [3.8, 4) is 0 Å². The highest BCUT2D eigenvalue weighted by molar-refractivity contribution is 6.05. The largest absolute Gasteiger partial charge is 0.256 e. The first kappa shape index (κ1) is 15.0. The predicted octanol–water partition coefficient (Wildman–Crippen LogP) is 6.29. The number of hydrogen-bond acceptors (Lipinski definition) is 1. The molecule has 3 aromatic rings. The van der Waals surface area contributed by atoms with Gasteiger partial charge in [0.2, 0.25) is 0 Å². The van der Waals surface area contributed by atoms with Crippen LogP contribution in [0, 0.1) is 0 Å². The molecule has 1 aromatic heterocycles. The van der Waals surface area contributed by atoms with Crippen LogP contribution in [0.15, 0.2) is 48.7 Å². The maximum Gasteiger partial charge on any atom is 0.0708 e. The molecule has 0 bridgehead atoms. The third-order valence-electron chi connectivity index (χ3n) is 4.47. The summed E-state index contributed by atoms with van der Waals surface area (Å²) in [6.45, 7) is 2.27. The van der Waals surface area contributed by atoms with Crippen molar-refractivity contribution in [1.82, 2.24) is 4.98 Å². The molecule has 0 aliphatic rings. The van der Waals surface area contributed by atoms with Gasteiger partial charge in [-0.1, -0.05) is 69.4 Å². The third-order valence-corrected chi connectivity index (χ3v) is 4.47. The van der Waals surface area contributed by atoms with Gasteiger partial charge < -0.3 is 0 Å². The van der Waals surface area contributed by atoms with Gasteiger partial charge in [-0.2, -0.15) is 0 Å². The van der Waals surface area contributed by atoms with Crippen LogP contribution in [0.1, 0.15) is 51.0 Å². The molecule has 3 rings (SSSR count). The molecule has 0 amide bonds. The normalized spacial score (nSPS) is 11.3. The fourth-order valence-corrected chi connectivity index (χ4v) is 3.17. The molecule has 0 aliphatic carbocycles. The number of nitrogens with zero attached hydrogens (tertiary/aromatic N) is 1. The van der Waals surface area contributed by atoms with Crippen LogP contribution in [0.3, 0.4) is 0 Å². The lowest BCUT2D eigenvalue weighted by molar-refractivity contribution is 0.607. The maximum absolute atomic E-state index is 4.58. The minimum atomic E-state index is 1.10. The average molecular weight is 291 g/mol. The molecule has 114 valence electrons. The summed E-state index contributed by atoms with van der Waals surface area (Å²) in [5.74, 6) is 0. The summed E-state index contributed by atoms with van der Waals surface area (Å²) < 4.78 is 0. The zero-order valence-electron chi connectivity index (χ0n) is 13.5. The summed E-state index contributed by atoms with van der Waals surface area (Å²) in [7, 11) is 0. The van der Waals surface area contributed by atoms with Crippen molar-refractivity contribution < 1.29 is 0 Å². The molecule has 0 atom stereocenters. The summed E-state index contributed by atoms with van der Waals surface area (Å²) >= 11 is 0. The fourth-order valence-electron chi connectivity index (χ4n) is 3.17. The zero-order chi connectivity index (χ0) is 15.2. The Labute approximate surface area is 133 Å². The van der Waals surface area contributed by atoms with Crippen molar-refractivity contribution in [2.75, 3.05) is 0 Å². The molecule has 2 aromatic carbocycles. The van der Waals surface area contributed by atoms with Crippen molar-refractivity contribution in [2.45, 2.75) is 51.9 Å². The van der Waals surface area contributed by atoms with Crippen LogP contribution in [0.4, 0.5) is 0 Å². The van der Waals surface area contributed by atoms with E-state index in [2.05, 4.69) is 54.4 Å². The number of benzene rings is 2. The first-order chi connectivity index (χ1) is 10.9. The number of fused-ring (bicyclic) bond motifs is 3. The highest BCUT2D eigenvalue weighted by Gasteiger charge is 2.03. The van der Waals surface area contributed by atoms with Gasteiger partial charge >= 0.3 is 0 Å². The molecule has 0 saturated carbocycles. The van der Waals surface area contributed by atoms with Crippen molar-refractivity contribution in [3.05, 3.63) is 54.2 Å². The molecule has 1 nitrogen and oxygen atoms in total. The van der Waals surface area contributed by atoms with Crippen LogP contribution in [-0.2, 0) is 6.42 Å². The SMILES string of the molecule is CCCCCCCCc1ccc2ncc3ccccc3c2c1. The molecule has 0 N–H and O–H groups in total. The van der Waals surface area contributed by atoms with Crippen LogP contribution in [-0.4, -0.2) is 4.98 Å². The van der Waals surface area contributed by atoms with Crippen LogP contribution in [0.25, 0.3) is 21.7 Å². The van der Waals surface area contributed by atoms with Crippen LogP contribution in [0.2, 0.25) is 0 Å². The minimum absolute atomic E-state index is 1.10. The molecular weight excluding hydrogens is 266 g/mol. The summed E-state index contributed by atoms with van der Waals surface area (Å²) in [6.07, 6.45) is 11.3. The van der Waals surface area contributed by atoms with Gasteiger partial charge in [-0.05, 0) is 35.9 Å². The first-order valence-corrected chi connectivity index (χ1v) is 8.65. The van der Waals surface area contributed by atoms with Gasteiger partial charge in [-0.25, -0.2) is 0 Å². The Morgan fingerprint density at radius 2 is 1.64 bits per heavy atom. The van der Waals surface area contributed by atoms with E-state index in [-0.39, 0.29) is 0 Å². The van der Waals surface area contributed by atoms with E-state index in [0.29, 0.717) is 0 Å². The molecular formula is C21H25N. The van der Waals surface area contributed by atoms with Crippen LogP contribution >= 0.6 is 0 Å². The van der Waals surface area contributed by atoms with E-state index in [9.17, 15) is 0 Å². The standard InChI is InChI=1S/C21H25N/c1-2-3-4-5-6-7-10-17-13-14-21-20(15-17)19-12-9-8-11-18(19)16-22-21/h8-9,11-16H,2-7,10H2,1H3. The first-order valence-electron chi connectivity index (χ1n) is 8.65. The Morgan fingerprint density at radius 3 is 2.55 bits per heavy atom. The van der Waals surface area contributed by atoms with Gasteiger partial charge in [0.15, 0.2) is 0 Å². The van der Waals surface area contributed by atoms with Gasteiger partial charge in [0.05, 0.1) is 5.52 Å². The zero-order valence-corrected chi connectivity index (χ0v) is 13.5. The predicted molar refractivity (Wildman–Crippen MR) is 96.3 cm³/mol. The highest BCUT2D eigenvalue weighted by Crippen LogP contribution is 2.25.